The van der Waals surface area contributed by atoms with Crippen molar-refractivity contribution in [2.24, 2.45) is 0 Å². The van der Waals surface area contributed by atoms with Gasteiger partial charge in [-0.05, 0) is 49.6 Å². The fourth-order valence-electron chi connectivity index (χ4n) is 3.21. The first-order chi connectivity index (χ1) is 12.1. The van der Waals surface area contributed by atoms with Crippen LogP contribution in [0.1, 0.15) is 36.4 Å². The molecule has 5 nitrogen and oxygen atoms in total. The zero-order chi connectivity index (χ0) is 17.8. The van der Waals surface area contributed by atoms with Crippen molar-refractivity contribution < 1.29 is 14.3 Å². The Balaban J connectivity index is 1.69. The maximum absolute atomic E-state index is 12.3. The molecule has 134 valence electrons. The summed E-state index contributed by atoms with van der Waals surface area (Å²) in [4.78, 5) is 19.6. The highest BCUT2D eigenvalue weighted by Crippen LogP contribution is 2.32. The molecule has 1 fully saturated rings. The molecule has 0 bridgehead atoms. The highest BCUT2D eigenvalue weighted by molar-refractivity contribution is 7.15. The number of ether oxygens (including phenoxy) is 2. The minimum atomic E-state index is -0.266. The van der Waals surface area contributed by atoms with E-state index < -0.39 is 0 Å². The van der Waals surface area contributed by atoms with Gasteiger partial charge >= 0.3 is 6.09 Å². The van der Waals surface area contributed by atoms with E-state index in [1.165, 1.54) is 12.8 Å². The Labute approximate surface area is 152 Å². The van der Waals surface area contributed by atoms with E-state index in [0.29, 0.717) is 6.04 Å². The molecule has 0 spiro atoms. The van der Waals surface area contributed by atoms with E-state index in [9.17, 15) is 4.79 Å². The van der Waals surface area contributed by atoms with Gasteiger partial charge in [0.1, 0.15) is 12.4 Å². The summed E-state index contributed by atoms with van der Waals surface area (Å²) in [5.74, 6) is 0.816. The van der Waals surface area contributed by atoms with Crippen LogP contribution in [0.3, 0.4) is 0 Å². The predicted octanol–water partition coefficient (Wildman–Crippen LogP) is 4.64. The molecule has 0 unspecified atom stereocenters. The van der Waals surface area contributed by atoms with Crippen LogP contribution in [0.2, 0.25) is 0 Å². The van der Waals surface area contributed by atoms with Gasteiger partial charge in [-0.25, -0.2) is 9.78 Å². The van der Waals surface area contributed by atoms with Gasteiger partial charge in [-0.3, -0.25) is 0 Å². The Morgan fingerprint density at radius 1 is 1.28 bits per heavy atom. The minimum Gasteiger partial charge on any atom is -0.497 e. The molecule has 1 saturated carbocycles. The summed E-state index contributed by atoms with van der Waals surface area (Å²) >= 11 is 1.61. The van der Waals surface area contributed by atoms with Crippen molar-refractivity contribution in [3.63, 3.8) is 0 Å². The number of thiazole rings is 1. The topological polar surface area (TPSA) is 51.7 Å². The third-order valence-electron chi connectivity index (χ3n) is 4.65. The summed E-state index contributed by atoms with van der Waals surface area (Å²) in [5.41, 5.74) is 1.86. The van der Waals surface area contributed by atoms with Crippen molar-refractivity contribution in [1.82, 2.24) is 9.88 Å². The van der Waals surface area contributed by atoms with Crippen molar-refractivity contribution in [3.8, 4) is 16.2 Å². The second kappa shape index (κ2) is 7.87. The Bertz CT molecular complexity index is 721. The van der Waals surface area contributed by atoms with E-state index in [2.05, 4.69) is 4.98 Å². The number of carbonyl (C=O) groups excluding carboxylic acids is 1. The number of nitrogens with zero attached hydrogens (tertiary/aromatic N) is 2. The first-order valence-electron chi connectivity index (χ1n) is 8.59. The Morgan fingerprint density at radius 2 is 1.96 bits per heavy atom. The second-order valence-corrected chi connectivity index (χ2v) is 7.54. The van der Waals surface area contributed by atoms with Gasteiger partial charge in [0.25, 0.3) is 0 Å². The predicted molar refractivity (Wildman–Crippen MR) is 99.0 cm³/mol. The van der Waals surface area contributed by atoms with Crippen LogP contribution in [0.5, 0.6) is 5.75 Å². The average molecular weight is 360 g/mol. The van der Waals surface area contributed by atoms with E-state index in [1.54, 1.807) is 23.3 Å². The van der Waals surface area contributed by atoms with E-state index in [-0.39, 0.29) is 12.7 Å². The lowest BCUT2D eigenvalue weighted by Crippen LogP contribution is -2.35. The van der Waals surface area contributed by atoms with Crippen molar-refractivity contribution in [3.05, 3.63) is 35.0 Å². The van der Waals surface area contributed by atoms with Crippen LogP contribution in [0.25, 0.3) is 10.4 Å². The first kappa shape index (κ1) is 17.7. The standard InChI is InChI=1S/C19H24N2O3S/c1-13-20-17(12-24-19(22)21(2)15-6-4-5-7-15)18(25-13)14-8-10-16(23-3)11-9-14/h8-11,15H,4-7,12H2,1-3H3. The molecular formula is C19H24N2O3S. The summed E-state index contributed by atoms with van der Waals surface area (Å²) in [6.07, 6.45) is 4.25. The molecule has 1 aromatic heterocycles. The number of hydrogen-bond acceptors (Lipinski definition) is 5. The number of hydrogen-bond donors (Lipinski definition) is 0. The Hall–Kier alpha value is -2.08. The van der Waals surface area contributed by atoms with Gasteiger partial charge in [0.15, 0.2) is 0 Å². The van der Waals surface area contributed by atoms with Gasteiger partial charge in [-0.1, -0.05) is 12.8 Å². The maximum atomic E-state index is 12.3. The molecule has 1 amide bonds. The van der Waals surface area contributed by atoms with Crippen LogP contribution in [-0.2, 0) is 11.3 Å². The van der Waals surface area contributed by atoms with Crippen molar-refractivity contribution >= 4 is 17.4 Å². The van der Waals surface area contributed by atoms with Crippen molar-refractivity contribution in [2.75, 3.05) is 14.2 Å². The molecular weight excluding hydrogens is 336 g/mol. The van der Waals surface area contributed by atoms with Crippen LogP contribution in [0, 0.1) is 6.92 Å². The number of aryl methyl sites for hydroxylation is 1. The van der Waals surface area contributed by atoms with Gasteiger partial charge in [0.05, 0.1) is 22.7 Å². The number of benzene rings is 1. The molecule has 0 aliphatic heterocycles. The highest BCUT2D eigenvalue weighted by Gasteiger charge is 2.25. The van der Waals surface area contributed by atoms with Crippen LogP contribution in [0.4, 0.5) is 4.79 Å². The third-order valence-corrected chi connectivity index (χ3v) is 5.71. The molecule has 0 N–H and O–H groups in total. The van der Waals surface area contributed by atoms with Gasteiger partial charge in [0.2, 0.25) is 0 Å². The fraction of sp³-hybridized carbons (Fsp3) is 0.474. The lowest BCUT2D eigenvalue weighted by atomic mass is 10.1. The maximum Gasteiger partial charge on any atom is 0.410 e. The van der Waals surface area contributed by atoms with Gasteiger partial charge < -0.3 is 14.4 Å². The summed E-state index contributed by atoms with van der Waals surface area (Å²) < 4.78 is 10.7. The Kier molecular flexibility index (Phi) is 5.58. The molecule has 1 aliphatic carbocycles. The summed E-state index contributed by atoms with van der Waals surface area (Å²) in [6.45, 7) is 2.16. The summed E-state index contributed by atoms with van der Waals surface area (Å²) in [7, 11) is 3.48. The van der Waals surface area contributed by atoms with Gasteiger partial charge in [0, 0.05) is 13.1 Å². The zero-order valence-electron chi connectivity index (χ0n) is 14.9. The largest absolute Gasteiger partial charge is 0.497 e. The smallest absolute Gasteiger partial charge is 0.410 e. The van der Waals surface area contributed by atoms with Crippen LogP contribution >= 0.6 is 11.3 Å². The molecule has 1 heterocycles. The molecule has 2 aromatic rings. The average Bonchev–Trinajstić information content (AvgIpc) is 3.28. The highest BCUT2D eigenvalue weighted by atomic mass is 32.1. The fourth-order valence-corrected chi connectivity index (χ4v) is 4.14. The van der Waals surface area contributed by atoms with Crippen molar-refractivity contribution in [1.29, 1.82) is 0 Å². The molecule has 0 atom stereocenters. The van der Waals surface area contributed by atoms with Crippen molar-refractivity contribution in [2.45, 2.75) is 45.3 Å². The molecule has 6 heteroatoms. The molecule has 0 radical (unpaired) electrons. The third kappa shape index (κ3) is 4.12. The van der Waals surface area contributed by atoms with E-state index in [0.717, 1.165) is 39.7 Å². The molecule has 0 saturated heterocycles. The molecule has 3 rings (SSSR count). The Morgan fingerprint density at radius 3 is 2.60 bits per heavy atom. The lowest BCUT2D eigenvalue weighted by molar-refractivity contribution is 0.0910. The van der Waals surface area contributed by atoms with Gasteiger partial charge in [-0.2, -0.15) is 0 Å². The minimum absolute atomic E-state index is 0.196. The summed E-state index contributed by atoms with van der Waals surface area (Å²) in [6, 6.07) is 8.16. The SMILES string of the molecule is COc1ccc(-c2sc(C)nc2COC(=O)N(C)C2CCCC2)cc1. The quantitative estimate of drug-likeness (QED) is 0.779. The number of rotatable bonds is 5. The number of carbonyl (C=O) groups is 1. The number of aromatic nitrogens is 1. The normalized spacial score (nSPS) is 14.5. The van der Waals surface area contributed by atoms with Crippen LogP contribution in [0.15, 0.2) is 24.3 Å². The monoisotopic (exact) mass is 360 g/mol. The second-order valence-electron chi connectivity index (χ2n) is 6.34. The van der Waals surface area contributed by atoms with Crippen LogP contribution in [-0.4, -0.2) is 36.2 Å². The number of methoxy groups -OCH3 is 1. The molecule has 1 aliphatic rings. The summed E-state index contributed by atoms with van der Waals surface area (Å²) in [5, 5.41) is 0.959. The van der Waals surface area contributed by atoms with Crippen LogP contribution < -0.4 is 4.74 Å². The van der Waals surface area contributed by atoms with E-state index in [1.807, 2.05) is 38.2 Å². The lowest BCUT2D eigenvalue weighted by Gasteiger charge is -2.23. The number of amides is 1. The molecule has 1 aromatic carbocycles. The van der Waals surface area contributed by atoms with E-state index in [4.69, 9.17) is 9.47 Å². The molecule has 25 heavy (non-hydrogen) atoms. The van der Waals surface area contributed by atoms with Gasteiger partial charge in [-0.15, -0.1) is 11.3 Å². The first-order valence-corrected chi connectivity index (χ1v) is 9.40. The zero-order valence-corrected chi connectivity index (χ0v) is 15.8. The van der Waals surface area contributed by atoms with E-state index >= 15 is 0 Å².